The van der Waals surface area contributed by atoms with Crippen molar-refractivity contribution in [2.24, 2.45) is 28.6 Å². The molecule has 1 nitrogen and oxygen atoms in total. The van der Waals surface area contributed by atoms with Gasteiger partial charge in [0.2, 0.25) is 0 Å². The van der Waals surface area contributed by atoms with E-state index in [1.165, 1.54) is 25.7 Å². The maximum atomic E-state index is 10.6. The van der Waals surface area contributed by atoms with Gasteiger partial charge in [-0.1, -0.05) is 20.8 Å². The van der Waals surface area contributed by atoms with Crippen LogP contribution in [0.1, 0.15) is 59.8 Å². The van der Waals surface area contributed by atoms with Gasteiger partial charge in [-0.3, -0.25) is 0 Å². The third kappa shape index (κ3) is 1.06. The predicted molar refractivity (Wildman–Crippen MR) is 66.1 cm³/mol. The third-order valence-corrected chi connectivity index (χ3v) is 6.79. The van der Waals surface area contributed by atoms with Crippen molar-refractivity contribution >= 4 is 0 Å². The second kappa shape index (κ2) is 2.85. The number of hydrogen-bond acceptors (Lipinski definition) is 1. The van der Waals surface area contributed by atoms with Crippen LogP contribution in [0.5, 0.6) is 0 Å². The van der Waals surface area contributed by atoms with E-state index in [1.807, 2.05) is 0 Å². The molecule has 0 aromatic heterocycles. The molecule has 5 atom stereocenters. The molecule has 92 valence electrons. The molecule has 0 unspecified atom stereocenters. The summed E-state index contributed by atoms with van der Waals surface area (Å²) in [4.78, 5) is 0. The van der Waals surface area contributed by atoms with Crippen LogP contribution in [0.2, 0.25) is 0 Å². The van der Waals surface area contributed by atoms with Crippen LogP contribution in [0.3, 0.4) is 0 Å². The lowest BCUT2D eigenvalue weighted by Gasteiger charge is -2.44. The van der Waals surface area contributed by atoms with Crippen molar-refractivity contribution < 1.29 is 5.11 Å². The fourth-order valence-corrected chi connectivity index (χ4v) is 5.88. The topological polar surface area (TPSA) is 20.2 Å². The molecule has 1 spiro atoms. The first-order chi connectivity index (χ1) is 7.31. The maximum absolute atomic E-state index is 10.6. The summed E-state index contributed by atoms with van der Waals surface area (Å²) in [6, 6.07) is 0. The fourth-order valence-electron chi connectivity index (χ4n) is 5.88. The molecule has 0 saturated heterocycles. The summed E-state index contributed by atoms with van der Waals surface area (Å²) in [5.74, 6) is 2.29. The normalized spacial score (nSPS) is 58.7. The quantitative estimate of drug-likeness (QED) is 0.664. The molecular weight excluding hydrogens is 196 g/mol. The van der Waals surface area contributed by atoms with E-state index in [0.29, 0.717) is 16.7 Å². The lowest BCUT2D eigenvalue weighted by atomic mass is 9.64. The van der Waals surface area contributed by atoms with Crippen molar-refractivity contribution in [3.63, 3.8) is 0 Å². The molecule has 3 rings (SSSR count). The first-order valence-electron chi connectivity index (χ1n) is 7.03. The Balaban J connectivity index is 2.07. The summed E-state index contributed by atoms with van der Waals surface area (Å²) < 4.78 is 0. The number of fused-ring (bicyclic) bond motifs is 1. The van der Waals surface area contributed by atoms with Gasteiger partial charge >= 0.3 is 0 Å². The summed E-state index contributed by atoms with van der Waals surface area (Å²) >= 11 is 0. The van der Waals surface area contributed by atoms with E-state index in [4.69, 9.17) is 0 Å². The van der Waals surface area contributed by atoms with Gasteiger partial charge in [-0.05, 0) is 67.6 Å². The van der Waals surface area contributed by atoms with Gasteiger partial charge in [0.15, 0.2) is 0 Å². The van der Waals surface area contributed by atoms with Crippen LogP contribution in [0.4, 0.5) is 0 Å². The van der Waals surface area contributed by atoms with Crippen LogP contribution < -0.4 is 0 Å². The van der Waals surface area contributed by atoms with Crippen LogP contribution in [-0.2, 0) is 0 Å². The van der Waals surface area contributed by atoms with Crippen LogP contribution in [0.25, 0.3) is 0 Å². The molecule has 3 aliphatic rings. The minimum absolute atomic E-state index is 0.352. The highest BCUT2D eigenvalue weighted by Crippen LogP contribution is 2.73. The lowest BCUT2D eigenvalue weighted by molar-refractivity contribution is -0.0717. The molecule has 1 heteroatoms. The molecule has 0 radical (unpaired) electrons. The van der Waals surface area contributed by atoms with Crippen LogP contribution in [0, 0.1) is 28.6 Å². The second-order valence-corrected chi connectivity index (χ2v) is 7.70. The Morgan fingerprint density at radius 2 is 1.69 bits per heavy atom. The van der Waals surface area contributed by atoms with Crippen molar-refractivity contribution in [2.75, 3.05) is 0 Å². The van der Waals surface area contributed by atoms with E-state index in [2.05, 4.69) is 27.7 Å². The number of hydrogen-bond donors (Lipinski definition) is 1. The Kier molecular flexibility index (Phi) is 1.98. The lowest BCUT2D eigenvalue weighted by Crippen LogP contribution is -2.44. The molecule has 2 bridgehead atoms. The summed E-state index contributed by atoms with van der Waals surface area (Å²) in [6.45, 7) is 9.38. The highest BCUT2D eigenvalue weighted by molar-refractivity contribution is 5.16. The zero-order valence-corrected chi connectivity index (χ0v) is 11.2. The van der Waals surface area contributed by atoms with Crippen molar-refractivity contribution in [1.82, 2.24) is 0 Å². The SMILES string of the molecule is C[C@H]1CC[C@@H]2C(C)(C)[C@@H]3C[C@@]21CC[C@]3(C)O. The average Bonchev–Trinajstić information content (AvgIpc) is 2.58. The molecular formula is C15H26O. The Bertz CT molecular complexity index is 313. The summed E-state index contributed by atoms with van der Waals surface area (Å²) in [6.07, 6.45) is 6.41. The van der Waals surface area contributed by atoms with Gasteiger partial charge in [0.1, 0.15) is 0 Å². The van der Waals surface area contributed by atoms with E-state index >= 15 is 0 Å². The molecule has 3 saturated carbocycles. The first-order valence-corrected chi connectivity index (χ1v) is 7.03. The van der Waals surface area contributed by atoms with Crippen molar-refractivity contribution in [3.05, 3.63) is 0 Å². The predicted octanol–water partition coefficient (Wildman–Crippen LogP) is 3.61. The van der Waals surface area contributed by atoms with E-state index in [0.717, 1.165) is 18.3 Å². The van der Waals surface area contributed by atoms with E-state index in [-0.39, 0.29) is 0 Å². The molecule has 0 aromatic carbocycles. The summed E-state index contributed by atoms with van der Waals surface area (Å²) in [7, 11) is 0. The van der Waals surface area contributed by atoms with Gasteiger partial charge in [0, 0.05) is 0 Å². The van der Waals surface area contributed by atoms with Gasteiger partial charge in [0.25, 0.3) is 0 Å². The van der Waals surface area contributed by atoms with Gasteiger partial charge in [-0.15, -0.1) is 0 Å². The molecule has 0 heterocycles. The molecule has 0 aromatic rings. The monoisotopic (exact) mass is 222 g/mol. The zero-order valence-electron chi connectivity index (χ0n) is 11.2. The summed E-state index contributed by atoms with van der Waals surface area (Å²) in [5.41, 5.74) is 0.542. The van der Waals surface area contributed by atoms with E-state index in [9.17, 15) is 5.11 Å². The minimum atomic E-state index is -0.404. The number of rotatable bonds is 0. The fraction of sp³-hybridized carbons (Fsp3) is 1.00. The highest BCUT2D eigenvalue weighted by atomic mass is 16.3. The molecule has 3 fully saturated rings. The van der Waals surface area contributed by atoms with Crippen LogP contribution in [0.15, 0.2) is 0 Å². The standard InChI is InChI=1S/C15H26O/c1-10-5-6-11-13(2,3)12-9-15(10,11)8-7-14(12,4)16/h10-12,16H,5-9H2,1-4H3/t10-,11+,12-,14-,15+/m0/s1. The number of aliphatic hydroxyl groups is 1. The Morgan fingerprint density at radius 1 is 1.00 bits per heavy atom. The van der Waals surface area contributed by atoms with E-state index in [1.54, 1.807) is 0 Å². The molecule has 16 heavy (non-hydrogen) atoms. The summed E-state index contributed by atoms with van der Waals surface area (Å²) in [5, 5.41) is 10.6. The van der Waals surface area contributed by atoms with Gasteiger partial charge in [-0.2, -0.15) is 0 Å². The largest absolute Gasteiger partial charge is 0.390 e. The first kappa shape index (κ1) is 11.1. The average molecular weight is 222 g/mol. The second-order valence-electron chi connectivity index (χ2n) is 7.70. The third-order valence-electron chi connectivity index (χ3n) is 6.79. The van der Waals surface area contributed by atoms with Gasteiger partial charge < -0.3 is 5.11 Å². The molecule has 3 aliphatic carbocycles. The Hall–Kier alpha value is -0.0400. The Morgan fingerprint density at radius 3 is 2.38 bits per heavy atom. The molecule has 1 N–H and O–H groups in total. The van der Waals surface area contributed by atoms with Crippen molar-refractivity contribution in [2.45, 2.75) is 65.4 Å². The zero-order chi connectivity index (χ0) is 11.8. The van der Waals surface area contributed by atoms with Gasteiger partial charge in [-0.25, -0.2) is 0 Å². The minimum Gasteiger partial charge on any atom is -0.390 e. The smallest absolute Gasteiger partial charge is 0.0653 e. The highest BCUT2D eigenvalue weighted by Gasteiger charge is 2.67. The maximum Gasteiger partial charge on any atom is 0.0653 e. The van der Waals surface area contributed by atoms with Crippen LogP contribution in [-0.4, -0.2) is 10.7 Å². The van der Waals surface area contributed by atoms with Gasteiger partial charge in [0.05, 0.1) is 5.60 Å². The van der Waals surface area contributed by atoms with Crippen molar-refractivity contribution in [3.8, 4) is 0 Å². The molecule has 0 amide bonds. The molecule has 0 aliphatic heterocycles. The van der Waals surface area contributed by atoms with E-state index < -0.39 is 5.60 Å². The van der Waals surface area contributed by atoms with Crippen LogP contribution >= 0.6 is 0 Å². The Labute approximate surface area is 99.6 Å². The van der Waals surface area contributed by atoms with Crippen molar-refractivity contribution in [1.29, 1.82) is 0 Å².